The van der Waals surface area contributed by atoms with Gasteiger partial charge in [0.1, 0.15) is 11.6 Å². The van der Waals surface area contributed by atoms with Crippen molar-refractivity contribution in [3.63, 3.8) is 0 Å². The highest BCUT2D eigenvalue weighted by atomic mass is 35.5. The third-order valence-corrected chi connectivity index (χ3v) is 3.92. The Labute approximate surface area is 112 Å². The molecule has 1 fully saturated rings. The van der Waals surface area contributed by atoms with E-state index in [0.29, 0.717) is 10.6 Å². The zero-order valence-electron chi connectivity index (χ0n) is 10.4. The summed E-state index contributed by atoms with van der Waals surface area (Å²) in [6, 6.07) is 4.40. The molecule has 0 bridgehead atoms. The van der Waals surface area contributed by atoms with Crippen LogP contribution in [0.3, 0.4) is 0 Å². The third-order valence-electron chi connectivity index (χ3n) is 3.68. The average Bonchev–Trinajstić information content (AvgIpc) is 2.62. The molecule has 1 nitrogen and oxygen atoms in total. The predicted octanol–water partition coefficient (Wildman–Crippen LogP) is 4.56. The minimum atomic E-state index is -0.332. The highest BCUT2D eigenvalue weighted by Crippen LogP contribution is 2.25. The summed E-state index contributed by atoms with van der Waals surface area (Å²) in [5.74, 6) is -0.0506. The number of hydrogen-bond acceptors (Lipinski definition) is 1. The Bertz CT molecular complexity index is 423. The van der Waals surface area contributed by atoms with Crippen LogP contribution in [0.4, 0.5) is 4.39 Å². The fourth-order valence-electron chi connectivity index (χ4n) is 2.61. The molecule has 0 aliphatic heterocycles. The molecule has 0 heterocycles. The molecule has 1 aliphatic carbocycles. The van der Waals surface area contributed by atoms with Crippen LogP contribution in [-0.4, -0.2) is 5.78 Å². The molecular formula is C15H18ClFO. The van der Waals surface area contributed by atoms with Gasteiger partial charge < -0.3 is 0 Å². The van der Waals surface area contributed by atoms with E-state index < -0.39 is 0 Å². The predicted molar refractivity (Wildman–Crippen MR) is 71.3 cm³/mol. The maximum atomic E-state index is 13.6. The van der Waals surface area contributed by atoms with E-state index in [1.165, 1.54) is 25.0 Å². The van der Waals surface area contributed by atoms with Crippen LogP contribution in [-0.2, 0) is 11.2 Å². The van der Waals surface area contributed by atoms with Crippen molar-refractivity contribution in [2.75, 3.05) is 0 Å². The van der Waals surface area contributed by atoms with E-state index in [1.54, 1.807) is 6.07 Å². The molecular weight excluding hydrogens is 251 g/mol. The molecule has 0 radical (unpaired) electrons. The maximum Gasteiger partial charge on any atom is 0.140 e. The normalized spacial score (nSPS) is 17.4. The number of ketones is 1. The number of rotatable bonds is 3. The molecule has 0 unspecified atom stereocenters. The van der Waals surface area contributed by atoms with Crippen LogP contribution < -0.4 is 0 Å². The second kappa shape index (κ2) is 6.33. The van der Waals surface area contributed by atoms with Gasteiger partial charge in [0.2, 0.25) is 0 Å². The Morgan fingerprint density at radius 1 is 1.22 bits per heavy atom. The number of carbonyl (C=O) groups is 1. The maximum absolute atomic E-state index is 13.6. The van der Waals surface area contributed by atoms with Crippen LogP contribution in [0.5, 0.6) is 0 Å². The van der Waals surface area contributed by atoms with Gasteiger partial charge in [0, 0.05) is 17.4 Å². The van der Waals surface area contributed by atoms with Gasteiger partial charge >= 0.3 is 0 Å². The van der Waals surface area contributed by atoms with E-state index in [0.717, 1.165) is 25.7 Å². The van der Waals surface area contributed by atoms with Gasteiger partial charge in [0.15, 0.2) is 0 Å². The van der Waals surface area contributed by atoms with E-state index in [-0.39, 0.29) is 23.9 Å². The Kier molecular flexibility index (Phi) is 4.76. The number of benzene rings is 1. The summed E-state index contributed by atoms with van der Waals surface area (Å²) in [5, 5.41) is 0.486. The molecule has 0 amide bonds. The molecule has 0 aromatic heterocycles. The second-order valence-corrected chi connectivity index (χ2v) is 5.50. The van der Waals surface area contributed by atoms with Crippen molar-refractivity contribution in [1.82, 2.24) is 0 Å². The summed E-state index contributed by atoms with van der Waals surface area (Å²) in [5.41, 5.74) is 0.428. The van der Waals surface area contributed by atoms with E-state index in [1.807, 2.05) is 0 Å². The Morgan fingerprint density at radius 2 is 1.89 bits per heavy atom. The largest absolute Gasteiger partial charge is 0.299 e. The first-order chi connectivity index (χ1) is 8.66. The van der Waals surface area contributed by atoms with Gasteiger partial charge in [-0.3, -0.25) is 4.79 Å². The zero-order valence-corrected chi connectivity index (χ0v) is 11.2. The Balaban J connectivity index is 2.03. The van der Waals surface area contributed by atoms with E-state index in [9.17, 15) is 9.18 Å². The minimum absolute atomic E-state index is 0.117. The number of Topliss-reactive ketones (excluding diaryl/α,β-unsaturated/α-hetero) is 1. The average molecular weight is 269 g/mol. The molecule has 1 aromatic rings. The lowest BCUT2D eigenvalue weighted by Crippen LogP contribution is -2.16. The van der Waals surface area contributed by atoms with Crippen molar-refractivity contribution in [3.05, 3.63) is 34.6 Å². The van der Waals surface area contributed by atoms with Gasteiger partial charge in [-0.25, -0.2) is 4.39 Å². The van der Waals surface area contributed by atoms with E-state index in [4.69, 9.17) is 11.6 Å². The summed E-state index contributed by atoms with van der Waals surface area (Å²) in [6.45, 7) is 0. The van der Waals surface area contributed by atoms with Crippen molar-refractivity contribution in [1.29, 1.82) is 0 Å². The fraction of sp³-hybridized carbons (Fsp3) is 0.533. The van der Waals surface area contributed by atoms with Crippen LogP contribution in [0.1, 0.15) is 44.1 Å². The zero-order chi connectivity index (χ0) is 13.0. The van der Waals surface area contributed by atoms with Crippen LogP contribution >= 0.6 is 11.6 Å². The second-order valence-electron chi connectivity index (χ2n) is 5.07. The van der Waals surface area contributed by atoms with E-state index >= 15 is 0 Å². The van der Waals surface area contributed by atoms with Gasteiger partial charge in [0.05, 0.1) is 0 Å². The number of hydrogen-bond donors (Lipinski definition) is 0. The fourth-order valence-corrected chi connectivity index (χ4v) is 2.81. The Morgan fingerprint density at radius 3 is 2.56 bits per heavy atom. The molecule has 0 atom stereocenters. The summed E-state index contributed by atoms with van der Waals surface area (Å²) < 4.78 is 13.6. The molecule has 2 rings (SSSR count). The third kappa shape index (κ3) is 3.55. The molecule has 0 spiro atoms. The molecule has 18 heavy (non-hydrogen) atoms. The van der Waals surface area contributed by atoms with Crippen LogP contribution in [0.2, 0.25) is 5.02 Å². The molecule has 3 heteroatoms. The first kappa shape index (κ1) is 13.5. The summed E-state index contributed by atoms with van der Waals surface area (Å²) in [6.07, 6.45) is 6.77. The van der Waals surface area contributed by atoms with Crippen LogP contribution in [0, 0.1) is 11.7 Å². The first-order valence-electron chi connectivity index (χ1n) is 6.63. The number of carbonyl (C=O) groups excluding carboxylic acids is 1. The van der Waals surface area contributed by atoms with Crippen molar-refractivity contribution in [2.24, 2.45) is 5.92 Å². The van der Waals surface area contributed by atoms with Crippen LogP contribution in [0.25, 0.3) is 0 Å². The first-order valence-corrected chi connectivity index (χ1v) is 7.01. The molecule has 0 saturated heterocycles. The summed E-state index contributed by atoms with van der Waals surface area (Å²) in [7, 11) is 0. The van der Waals surface area contributed by atoms with Crippen molar-refractivity contribution in [2.45, 2.75) is 44.9 Å². The van der Waals surface area contributed by atoms with Crippen molar-refractivity contribution < 1.29 is 9.18 Å². The van der Waals surface area contributed by atoms with Gasteiger partial charge in [-0.05, 0) is 36.6 Å². The van der Waals surface area contributed by atoms with Gasteiger partial charge in [-0.2, -0.15) is 0 Å². The van der Waals surface area contributed by atoms with E-state index in [2.05, 4.69) is 0 Å². The summed E-state index contributed by atoms with van der Waals surface area (Å²) in [4.78, 5) is 12.2. The highest BCUT2D eigenvalue weighted by Gasteiger charge is 2.21. The number of halogens is 2. The van der Waals surface area contributed by atoms with Gasteiger partial charge in [-0.15, -0.1) is 0 Å². The molecule has 1 aromatic carbocycles. The molecule has 1 aliphatic rings. The smallest absolute Gasteiger partial charge is 0.140 e. The SMILES string of the molecule is O=C(Cc1cc(Cl)ccc1F)C1CCCCCC1. The molecule has 98 valence electrons. The Hall–Kier alpha value is -0.890. The van der Waals surface area contributed by atoms with Gasteiger partial charge in [0.25, 0.3) is 0 Å². The van der Waals surface area contributed by atoms with Gasteiger partial charge in [-0.1, -0.05) is 37.3 Å². The standard InChI is InChI=1S/C15H18ClFO/c16-13-7-8-14(17)12(9-13)10-15(18)11-5-3-1-2-4-6-11/h7-9,11H,1-6,10H2. The molecule has 1 saturated carbocycles. The molecule has 0 N–H and O–H groups in total. The lowest BCUT2D eigenvalue weighted by molar-refractivity contribution is -0.122. The minimum Gasteiger partial charge on any atom is -0.299 e. The quantitative estimate of drug-likeness (QED) is 0.735. The van der Waals surface area contributed by atoms with Crippen LogP contribution in [0.15, 0.2) is 18.2 Å². The summed E-state index contributed by atoms with van der Waals surface area (Å²) >= 11 is 5.83. The highest BCUT2D eigenvalue weighted by molar-refractivity contribution is 6.30. The topological polar surface area (TPSA) is 17.1 Å². The lowest BCUT2D eigenvalue weighted by Gasteiger charge is -2.13. The van der Waals surface area contributed by atoms with Crippen molar-refractivity contribution in [3.8, 4) is 0 Å². The lowest BCUT2D eigenvalue weighted by atomic mass is 9.91. The van der Waals surface area contributed by atoms with Crippen molar-refractivity contribution >= 4 is 17.4 Å². The monoisotopic (exact) mass is 268 g/mol.